The van der Waals surface area contributed by atoms with Crippen LogP contribution in [0, 0.1) is 5.92 Å². The van der Waals surface area contributed by atoms with Crippen LogP contribution in [-0.4, -0.2) is 54.2 Å². The SMILES string of the molecule is CCC1CCSc2ccccc2C1N1CCN(CCc2cc3c(cc2Cl)NC(=O)C3)CC1. The summed E-state index contributed by atoms with van der Waals surface area (Å²) >= 11 is 8.55. The molecule has 4 nitrogen and oxygen atoms in total. The number of fused-ring (bicyclic) bond motifs is 2. The van der Waals surface area contributed by atoms with Gasteiger partial charge >= 0.3 is 0 Å². The molecule has 0 saturated carbocycles. The highest BCUT2D eigenvalue weighted by atomic mass is 35.5. The lowest BCUT2D eigenvalue weighted by Gasteiger charge is -2.42. The first kappa shape index (κ1) is 22.3. The zero-order valence-corrected chi connectivity index (χ0v) is 20.4. The fraction of sp³-hybridized carbons (Fsp3) is 0.500. The van der Waals surface area contributed by atoms with E-state index in [4.69, 9.17) is 11.6 Å². The molecule has 0 aliphatic carbocycles. The van der Waals surface area contributed by atoms with Gasteiger partial charge in [-0.05, 0) is 53.3 Å². The number of rotatable bonds is 5. The van der Waals surface area contributed by atoms with Crippen LogP contribution in [0.3, 0.4) is 0 Å². The first-order chi connectivity index (χ1) is 15.6. The Kier molecular flexibility index (Phi) is 6.79. The molecule has 0 bridgehead atoms. The Balaban J connectivity index is 1.22. The summed E-state index contributed by atoms with van der Waals surface area (Å²) in [6, 6.07) is 13.7. The number of carbonyl (C=O) groups is 1. The fourth-order valence-corrected chi connectivity index (χ4v) is 6.97. The normalized spacial score (nSPS) is 24.0. The summed E-state index contributed by atoms with van der Waals surface area (Å²) in [6.07, 6.45) is 3.95. The molecule has 2 aromatic carbocycles. The minimum atomic E-state index is 0.0632. The van der Waals surface area contributed by atoms with E-state index in [1.54, 1.807) is 5.56 Å². The van der Waals surface area contributed by atoms with Gasteiger partial charge in [-0.2, -0.15) is 0 Å². The Bertz CT molecular complexity index is 989. The molecule has 2 aromatic rings. The van der Waals surface area contributed by atoms with E-state index in [0.717, 1.165) is 66.9 Å². The number of hydrogen-bond acceptors (Lipinski definition) is 4. The molecule has 170 valence electrons. The molecule has 3 heterocycles. The van der Waals surface area contributed by atoms with Gasteiger partial charge in [-0.3, -0.25) is 9.69 Å². The van der Waals surface area contributed by atoms with Crippen LogP contribution in [0.1, 0.15) is 42.5 Å². The van der Waals surface area contributed by atoms with Crippen molar-refractivity contribution in [3.05, 3.63) is 58.1 Å². The quantitative estimate of drug-likeness (QED) is 0.648. The molecule has 3 aliphatic heterocycles. The molecule has 32 heavy (non-hydrogen) atoms. The van der Waals surface area contributed by atoms with Crippen molar-refractivity contribution >= 4 is 35.0 Å². The molecule has 5 rings (SSSR count). The Hall–Kier alpha value is -1.53. The van der Waals surface area contributed by atoms with Gasteiger partial charge in [0, 0.05) is 54.4 Å². The smallest absolute Gasteiger partial charge is 0.228 e. The van der Waals surface area contributed by atoms with Gasteiger partial charge in [0.25, 0.3) is 0 Å². The zero-order chi connectivity index (χ0) is 22.1. The third kappa shape index (κ3) is 4.58. The predicted octanol–water partition coefficient (Wildman–Crippen LogP) is 5.26. The van der Waals surface area contributed by atoms with E-state index in [9.17, 15) is 4.79 Å². The van der Waals surface area contributed by atoms with Crippen molar-refractivity contribution < 1.29 is 4.79 Å². The summed E-state index contributed by atoms with van der Waals surface area (Å²) in [5, 5.41) is 3.65. The summed E-state index contributed by atoms with van der Waals surface area (Å²) in [4.78, 5) is 18.5. The largest absolute Gasteiger partial charge is 0.325 e. The number of halogens is 1. The lowest BCUT2D eigenvalue weighted by Crippen LogP contribution is -2.49. The molecular weight excluding hydrogens is 438 g/mol. The Morgan fingerprint density at radius 2 is 1.97 bits per heavy atom. The monoisotopic (exact) mass is 469 g/mol. The Morgan fingerprint density at radius 1 is 1.16 bits per heavy atom. The van der Waals surface area contributed by atoms with Gasteiger partial charge in [-0.15, -0.1) is 11.8 Å². The van der Waals surface area contributed by atoms with Crippen LogP contribution in [0.2, 0.25) is 5.02 Å². The number of amides is 1. The fourth-order valence-electron chi connectivity index (χ4n) is 5.54. The average Bonchev–Trinajstić information content (AvgIpc) is 3.05. The van der Waals surface area contributed by atoms with E-state index < -0.39 is 0 Å². The van der Waals surface area contributed by atoms with Gasteiger partial charge < -0.3 is 10.2 Å². The standard InChI is InChI=1S/C26H32ClN3OS/c1-2-18-8-14-32-24-6-4-3-5-21(24)26(18)30-12-10-29(11-13-30)9-7-19-15-20-16-25(31)28-23(20)17-22(19)27/h3-6,15,17-18,26H,2,7-14,16H2,1H3,(H,28,31). The summed E-state index contributed by atoms with van der Waals surface area (Å²) in [7, 11) is 0. The predicted molar refractivity (Wildman–Crippen MR) is 134 cm³/mol. The van der Waals surface area contributed by atoms with Gasteiger partial charge in [-0.1, -0.05) is 49.2 Å². The van der Waals surface area contributed by atoms with E-state index in [-0.39, 0.29) is 5.91 Å². The van der Waals surface area contributed by atoms with E-state index in [1.165, 1.54) is 23.5 Å². The molecule has 1 saturated heterocycles. The van der Waals surface area contributed by atoms with Crippen molar-refractivity contribution in [1.29, 1.82) is 0 Å². The molecule has 6 heteroatoms. The van der Waals surface area contributed by atoms with Crippen LogP contribution >= 0.6 is 23.4 Å². The highest BCUT2D eigenvalue weighted by Gasteiger charge is 2.33. The van der Waals surface area contributed by atoms with E-state index in [0.29, 0.717) is 12.5 Å². The number of hydrogen-bond donors (Lipinski definition) is 1. The van der Waals surface area contributed by atoms with Crippen LogP contribution < -0.4 is 5.32 Å². The second-order valence-corrected chi connectivity index (χ2v) is 10.8. The summed E-state index contributed by atoms with van der Waals surface area (Å²) in [5.74, 6) is 2.03. The molecule has 0 radical (unpaired) electrons. The molecule has 3 aliphatic rings. The highest BCUT2D eigenvalue weighted by molar-refractivity contribution is 7.99. The van der Waals surface area contributed by atoms with Gasteiger partial charge in [-0.25, -0.2) is 0 Å². The summed E-state index contributed by atoms with van der Waals surface area (Å²) in [5.41, 5.74) is 4.66. The van der Waals surface area contributed by atoms with Gasteiger partial charge in [0.1, 0.15) is 0 Å². The number of nitrogens with zero attached hydrogens (tertiary/aromatic N) is 2. The van der Waals surface area contributed by atoms with E-state index in [2.05, 4.69) is 52.4 Å². The Morgan fingerprint density at radius 3 is 2.78 bits per heavy atom. The lowest BCUT2D eigenvalue weighted by atomic mass is 9.87. The second-order valence-electron chi connectivity index (χ2n) is 9.24. The van der Waals surface area contributed by atoms with Crippen molar-refractivity contribution in [1.82, 2.24) is 9.80 Å². The molecular formula is C26H32ClN3OS. The van der Waals surface area contributed by atoms with Gasteiger partial charge in [0.15, 0.2) is 0 Å². The third-order valence-electron chi connectivity index (χ3n) is 7.35. The number of thioether (sulfide) groups is 1. The van der Waals surface area contributed by atoms with Crippen LogP contribution in [0.25, 0.3) is 0 Å². The second kappa shape index (κ2) is 9.76. The number of piperazine rings is 1. The molecule has 1 amide bonds. The molecule has 0 spiro atoms. The maximum atomic E-state index is 11.7. The number of nitrogens with one attached hydrogen (secondary N) is 1. The minimum Gasteiger partial charge on any atom is -0.325 e. The summed E-state index contributed by atoms with van der Waals surface area (Å²) in [6.45, 7) is 7.82. The number of anilines is 1. The van der Waals surface area contributed by atoms with Gasteiger partial charge in [0.05, 0.1) is 6.42 Å². The zero-order valence-electron chi connectivity index (χ0n) is 18.8. The van der Waals surface area contributed by atoms with Crippen molar-refractivity contribution in [3.8, 4) is 0 Å². The third-order valence-corrected chi connectivity index (χ3v) is 8.82. The van der Waals surface area contributed by atoms with Crippen molar-refractivity contribution in [2.75, 3.05) is 43.8 Å². The van der Waals surface area contributed by atoms with E-state index >= 15 is 0 Å². The van der Waals surface area contributed by atoms with Crippen LogP contribution in [0.4, 0.5) is 5.69 Å². The first-order valence-electron chi connectivity index (χ1n) is 11.9. The Labute approximate surface area is 200 Å². The van der Waals surface area contributed by atoms with Crippen LogP contribution in [0.5, 0.6) is 0 Å². The van der Waals surface area contributed by atoms with E-state index in [1.807, 2.05) is 17.8 Å². The van der Waals surface area contributed by atoms with Crippen molar-refractivity contribution in [2.24, 2.45) is 5.92 Å². The summed E-state index contributed by atoms with van der Waals surface area (Å²) < 4.78 is 0. The molecule has 2 unspecified atom stereocenters. The molecule has 1 fully saturated rings. The van der Waals surface area contributed by atoms with Gasteiger partial charge in [0.2, 0.25) is 5.91 Å². The number of carbonyl (C=O) groups excluding carboxylic acids is 1. The van der Waals surface area contributed by atoms with Crippen LogP contribution in [0.15, 0.2) is 41.3 Å². The highest BCUT2D eigenvalue weighted by Crippen LogP contribution is 2.42. The molecule has 0 aromatic heterocycles. The maximum absolute atomic E-state index is 11.7. The minimum absolute atomic E-state index is 0.0632. The number of benzene rings is 2. The molecule has 2 atom stereocenters. The topological polar surface area (TPSA) is 35.6 Å². The average molecular weight is 470 g/mol. The first-order valence-corrected chi connectivity index (χ1v) is 13.3. The lowest BCUT2D eigenvalue weighted by molar-refractivity contribution is -0.115. The van der Waals surface area contributed by atoms with Crippen molar-refractivity contribution in [2.45, 2.75) is 43.5 Å². The van der Waals surface area contributed by atoms with Crippen LogP contribution in [-0.2, 0) is 17.6 Å². The van der Waals surface area contributed by atoms with Crippen molar-refractivity contribution in [3.63, 3.8) is 0 Å². The maximum Gasteiger partial charge on any atom is 0.228 e. The molecule has 1 N–H and O–H groups in total.